The number of carbonyl (C=O) groups excluding carboxylic acids is 1. The van der Waals surface area contributed by atoms with E-state index in [1.54, 1.807) is 6.21 Å². The molecule has 1 aliphatic heterocycles. The van der Waals surface area contributed by atoms with Gasteiger partial charge < -0.3 is 4.74 Å². The van der Waals surface area contributed by atoms with Gasteiger partial charge >= 0.3 is 0 Å². The highest BCUT2D eigenvalue weighted by atomic mass is 35.5. The van der Waals surface area contributed by atoms with E-state index in [0.717, 1.165) is 42.9 Å². The predicted octanol–water partition coefficient (Wildman–Crippen LogP) is 6.24. The number of ether oxygens (including phenoxy) is 1. The third-order valence-corrected chi connectivity index (χ3v) is 6.62. The number of hydrazone groups is 1. The van der Waals surface area contributed by atoms with E-state index in [-0.39, 0.29) is 5.91 Å². The second-order valence-corrected chi connectivity index (χ2v) is 9.55. The van der Waals surface area contributed by atoms with E-state index in [2.05, 4.69) is 39.7 Å². The Hall–Kier alpha value is -3.93. The molecule has 0 fully saturated rings. The van der Waals surface area contributed by atoms with Crippen LogP contribution >= 0.6 is 11.6 Å². The van der Waals surface area contributed by atoms with Crippen molar-refractivity contribution in [2.24, 2.45) is 5.10 Å². The molecule has 0 spiro atoms. The zero-order valence-corrected chi connectivity index (χ0v) is 21.2. The van der Waals surface area contributed by atoms with Crippen LogP contribution in [0, 0.1) is 0 Å². The average molecular weight is 510 g/mol. The fraction of sp³-hybridized carbons (Fsp3) is 0.161. The van der Waals surface area contributed by atoms with Crippen LogP contribution in [-0.4, -0.2) is 23.6 Å². The van der Waals surface area contributed by atoms with E-state index < -0.39 is 0 Å². The number of nitrogens with zero attached hydrogens (tertiary/aromatic N) is 2. The second-order valence-electron chi connectivity index (χ2n) is 9.11. The maximum atomic E-state index is 12.5. The van der Waals surface area contributed by atoms with Gasteiger partial charge in [-0.2, -0.15) is 5.10 Å². The van der Waals surface area contributed by atoms with Gasteiger partial charge in [0, 0.05) is 30.2 Å². The van der Waals surface area contributed by atoms with Crippen LogP contribution in [0.1, 0.15) is 38.2 Å². The molecule has 0 atom stereocenters. The van der Waals surface area contributed by atoms with E-state index in [4.69, 9.17) is 16.3 Å². The first-order valence-corrected chi connectivity index (χ1v) is 12.7. The number of halogens is 1. The molecule has 1 N–H and O–H groups in total. The lowest BCUT2D eigenvalue weighted by Crippen LogP contribution is -2.30. The second kappa shape index (κ2) is 11.9. The van der Waals surface area contributed by atoms with E-state index in [1.807, 2.05) is 72.8 Å². The summed E-state index contributed by atoms with van der Waals surface area (Å²) in [5.74, 6) is 0.506. The van der Waals surface area contributed by atoms with Crippen LogP contribution in [0.15, 0.2) is 102 Å². The molecule has 4 aromatic carbocycles. The van der Waals surface area contributed by atoms with Crippen LogP contribution in [0.4, 0.5) is 0 Å². The van der Waals surface area contributed by atoms with Gasteiger partial charge in [0.15, 0.2) is 0 Å². The van der Waals surface area contributed by atoms with Gasteiger partial charge in [0.1, 0.15) is 12.4 Å². The summed E-state index contributed by atoms with van der Waals surface area (Å²) in [6, 6.07) is 31.5. The summed E-state index contributed by atoms with van der Waals surface area (Å²) < 4.78 is 5.80. The Labute approximate surface area is 222 Å². The summed E-state index contributed by atoms with van der Waals surface area (Å²) in [4.78, 5) is 14.9. The average Bonchev–Trinajstić information content (AvgIpc) is 2.93. The van der Waals surface area contributed by atoms with Crippen molar-refractivity contribution in [3.8, 4) is 5.75 Å². The molecule has 0 aliphatic carbocycles. The van der Waals surface area contributed by atoms with E-state index in [1.165, 1.54) is 16.7 Å². The molecule has 0 saturated carbocycles. The van der Waals surface area contributed by atoms with Crippen molar-refractivity contribution in [2.75, 3.05) is 6.54 Å². The smallest absolute Gasteiger partial charge is 0.271 e. The van der Waals surface area contributed by atoms with Gasteiger partial charge in [-0.15, -0.1) is 0 Å². The van der Waals surface area contributed by atoms with Crippen LogP contribution < -0.4 is 10.2 Å². The quantitative estimate of drug-likeness (QED) is 0.226. The number of amides is 1. The molecule has 186 valence electrons. The number of rotatable bonds is 8. The topological polar surface area (TPSA) is 53.9 Å². The zero-order valence-electron chi connectivity index (χ0n) is 20.4. The Morgan fingerprint density at radius 3 is 2.49 bits per heavy atom. The molecule has 4 aromatic rings. The number of hydrogen-bond donors (Lipinski definition) is 1. The highest BCUT2D eigenvalue weighted by Gasteiger charge is 2.16. The molecule has 1 amide bonds. The van der Waals surface area contributed by atoms with Crippen LogP contribution in [0.5, 0.6) is 5.75 Å². The first-order chi connectivity index (χ1) is 18.1. The molecule has 1 aliphatic rings. The summed E-state index contributed by atoms with van der Waals surface area (Å²) in [6.45, 7) is 3.31. The minimum Gasteiger partial charge on any atom is -0.489 e. The van der Waals surface area contributed by atoms with Gasteiger partial charge in [0.2, 0.25) is 0 Å². The Morgan fingerprint density at radius 1 is 0.919 bits per heavy atom. The summed E-state index contributed by atoms with van der Waals surface area (Å²) in [6.07, 6.45) is 2.69. The molecular formula is C31H28ClN3O2. The number of nitrogens with one attached hydrogen (secondary N) is 1. The van der Waals surface area contributed by atoms with Gasteiger partial charge in [-0.05, 0) is 82.8 Å². The number of hydrogen-bond acceptors (Lipinski definition) is 4. The summed E-state index contributed by atoms with van der Waals surface area (Å²) in [7, 11) is 0. The molecule has 0 unspecified atom stereocenters. The molecular weight excluding hydrogens is 482 g/mol. The largest absolute Gasteiger partial charge is 0.489 e. The first kappa shape index (κ1) is 24.8. The molecule has 0 radical (unpaired) electrons. The van der Waals surface area contributed by atoms with Crippen molar-refractivity contribution in [1.82, 2.24) is 10.3 Å². The Balaban J connectivity index is 1.09. The van der Waals surface area contributed by atoms with Crippen molar-refractivity contribution in [1.29, 1.82) is 0 Å². The maximum Gasteiger partial charge on any atom is 0.271 e. The van der Waals surface area contributed by atoms with Crippen LogP contribution in [-0.2, 0) is 26.1 Å². The Kier molecular flexibility index (Phi) is 7.94. The van der Waals surface area contributed by atoms with Gasteiger partial charge in [0.25, 0.3) is 5.91 Å². The molecule has 37 heavy (non-hydrogen) atoms. The van der Waals surface area contributed by atoms with Crippen molar-refractivity contribution in [3.05, 3.63) is 135 Å². The van der Waals surface area contributed by atoms with Crippen molar-refractivity contribution >= 4 is 23.7 Å². The summed E-state index contributed by atoms with van der Waals surface area (Å²) in [5.41, 5.74) is 9.09. The lowest BCUT2D eigenvalue weighted by molar-refractivity contribution is 0.0955. The number of benzene rings is 4. The van der Waals surface area contributed by atoms with Gasteiger partial charge in [-0.3, -0.25) is 9.69 Å². The Bertz CT molecular complexity index is 1380. The molecule has 6 heteroatoms. The zero-order chi connectivity index (χ0) is 25.5. The number of carbonyl (C=O) groups is 1. The highest BCUT2D eigenvalue weighted by Crippen LogP contribution is 2.20. The van der Waals surface area contributed by atoms with E-state index >= 15 is 0 Å². The molecule has 1 heterocycles. The SMILES string of the molecule is O=C(N/N=C\c1ccc(OCc2cccc(Cl)c2)cc1)c1ccc(CN2CCc3ccccc3C2)cc1. The van der Waals surface area contributed by atoms with E-state index in [9.17, 15) is 4.79 Å². The minimum absolute atomic E-state index is 0.240. The van der Waals surface area contributed by atoms with Crippen LogP contribution in [0.25, 0.3) is 0 Å². The predicted molar refractivity (Wildman–Crippen MR) is 148 cm³/mol. The number of fused-ring (bicyclic) bond motifs is 1. The van der Waals surface area contributed by atoms with Crippen LogP contribution in [0.3, 0.4) is 0 Å². The Morgan fingerprint density at radius 2 is 1.70 bits per heavy atom. The lowest BCUT2D eigenvalue weighted by atomic mass is 9.99. The summed E-state index contributed by atoms with van der Waals surface area (Å²) in [5, 5.41) is 4.79. The third-order valence-electron chi connectivity index (χ3n) is 6.39. The summed E-state index contributed by atoms with van der Waals surface area (Å²) >= 11 is 6.01. The normalized spacial score (nSPS) is 13.3. The third kappa shape index (κ3) is 6.85. The highest BCUT2D eigenvalue weighted by molar-refractivity contribution is 6.30. The van der Waals surface area contributed by atoms with E-state index in [0.29, 0.717) is 17.2 Å². The van der Waals surface area contributed by atoms with Crippen molar-refractivity contribution in [2.45, 2.75) is 26.1 Å². The molecule has 5 rings (SSSR count). The van der Waals surface area contributed by atoms with Gasteiger partial charge in [-0.1, -0.05) is 60.1 Å². The maximum absolute atomic E-state index is 12.5. The van der Waals surface area contributed by atoms with Crippen molar-refractivity contribution < 1.29 is 9.53 Å². The molecule has 0 saturated heterocycles. The van der Waals surface area contributed by atoms with Gasteiger partial charge in [-0.25, -0.2) is 5.43 Å². The molecule has 0 aromatic heterocycles. The fourth-order valence-electron chi connectivity index (χ4n) is 4.38. The molecule has 5 nitrogen and oxygen atoms in total. The molecule has 0 bridgehead atoms. The minimum atomic E-state index is -0.240. The van der Waals surface area contributed by atoms with Crippen LogP contribution in [0.2, 0.25) is 5.02 Å². The lowest BCUT2D eigenvalue weighted by Gasteiger charge is -2.28. The van der Waals surface area contributed by atoms with Crippen molar-refractivity contribution in [3.63, 3.8) is 0 Å². The van der Waals surface area contributed by atoms with Gasteiger partial charge in [0.05, 0.1) is 6.21 Å². The fourth-order valence-corrected chi connectivity index (χ4v) is 4.60. The first-order valence-electron chi connectivity index (χ1n) is 12.3. The monoisotopic (exact) mass is 509 g/mol. The standard InChI is InChI=1S/C31H28ClN3O2/c32-29-7-3-4-25(18-29)22-37-30-14-10-23(11-15-30)19-33-34-31(36)27-12-8-24(9-13-27)20-35-17-16-26-5-1-2-6-28(26)21-35/h1-15,18-19H,16-17,20-22H2,(H,34,36)/b33-19-.